The topological polar surface area (TPSA) is 90.6 Å². The molecule has 1 atom stereocenters. The average molecular weight is 417 g/mol. The lowest BCUT2D eigenvalue weighted by molar-refractivity contribution is -0.147. The summed E-state index contributed by atoms with van der Waals surface area (Å²) in [5.41, 5.74) is 8.19. The normalized spacial score (nSPS) is 18.9. The second-order valence-electron chi connectivity index (χ2n) is 7.69. The number of hydrogen-bond acceptors (Lipinski definition) is 6. The molecule has 1 unspecified atom stereocenters. The number of nitrogens with zero attached hydrogens (tertiary/aromatic N) is 3. The van der Waals surface area contributed by atoms with Crippen molar-refractivity contribution >= 4 is 23.5 Å². The van der Waals surface area contributed by atoms with Crippen LogP contribution in [0.5, 0.6) is 5.75 Å². The second kappa shape index (κ2) is 7.80. The minimum absolute atomic E-state index is 0.0348. The third kappa shape index (κ3) is 3.89. The SMILES string of the molecule is Cc1cc(Cl)ccc1OC(C)C(=O)N1CCC2(CC1)OCCc1cnc(N)nc12. The van der Waals surface area contributed by atoms with Crippen molar-refractivity contribution in [3.8, 4) is 5.75 Å². The molecule has 2 aliphatic rings. The van der Waals surface area contributed by atoms with E-state index in [9.17, 15) is 4.79 Å². The highest BCUT2D eigenvalue weighted by molar-refractivity contribution is 6.30. The Morgan fingerprint density at radius 1 is 1.38 bits per heavy atom. The summed E-state index contributed by atoms with van der Waals surface area (Å²) in [6, 6.07) is 5.38. The molecular formula is C21H25ClN4O3. The highest BCUT2D eigenvalue weighted by atomic mass is 35.5. The van der Waals surface area contributed by atoms with Crippen LogP contribution in [0.25, 0.3) is 0 Å². The predicted molar refractivity (Wildman–Crippen MR) is 110 cm³/mol. The zero-order chi connectivity index (χ0) is 20.6. The van der Waals surface area contributed by atoms with Gasteiger partial charge in [-0.25, -0.2) is 9.97 Å². The van der Waals surface area contributed by atoms with Gasteiger partial charge in [0, 0.05) is 24.3 Å². The first-order valence-electron chi connectivity index (χ1n) is 9.85. The summed E-state index contributed by atoms with van der Waals surface area (Å²) in [4.78, 5) is 23.4. The highest BCUT2D eigenvalue weighted by Crippen LogP contribution is 2.40. The molecule has 1 saturated heterocycles. The number of nitrogen functional groups attached to an aromatic ring is 1. The maximum absolute atomic E-state index is 12.9. The summed E-state index contributed by atoms with van der Waals surface area (Å²) in [6.45, 7) is 5.48. The van der Waals surface area contributed by atoms with E-state index in [-0.39, 0.29) is 11.9 Å². The fourth-order valence-electron chi connectivity index (χ4n) is 4.14. The fraction of sp³-hybridized carbons (Fsp3) is 0.476. The molecule has 7 nitrogen and oxygen atoms in total. The molecule has 1 aromatic heterocycles. The van der Waals surface area contributed by atoms with Crippen LogP contribution in [0.3, 0.4) is 0 Å². The van der Waals surface area contributed by atoms with Crippen LogP contribution in [0.1, 0.15) is 36.6 Å². The first-order chi connectivity index (χ1) is 13.9. The van der Waals surface area contributed by atoms with Gasteiger partial charge in [-0.1, -0.05) is 11.6 Å². The van der Waals surface area contributed by atoms with Crippen molar-refractivity contribution in [1.29, 1.82) is 0 Å². The van der Waals surface area contributed by atoms with Gasteiger partial charge in [-0.3, -0.25) is 4.79 Å². The summed E-state index contributed by atoms with van der Waals surface area (Å²) in [5, 5.41) is 0.646. The number of fused-ring (bicyclic) bond motifs is 2. The Kier molecular flexibility index (Phi) is 5.36. The standard InChI is InChI=1S/C21H25ClN4O3/c1-13-11-16(22)3-4-17(13)29-14(2)19(27)26-8-6-21(7-9-26)18-15(5-10-28-21)12-24-20(23)25-18/h3-4,11-12,14H,5-10H2,1-2H3,(H2,23,24,25). The molecule has 1 aromatic carbocycles. The molecule has 2 N–H and O–H groups in total. The number of ether oxygens (including phenoxy) is 2. The number of halogens is 1. The largest absolute Gasteiger partial charge is 0.481 e. The molecule has 1 fully saturated rings. The number of carbonyl (C=O) groups is 1. The third-order valence-corrected chi connectivity index (χ3v) is 5.97. The molecule has 0 bridgehead atoms. The number of nitrogens with two attached hydrogens (primary N) is 1. The number of likely N-dealkylation sites (tertiary alicyclic amines) is 1. The Morgan fingerprint density at radius 3 is 2.86 bits per heavy atom. The van der Waals surface area contributed by atoms with E-state index in [1.165, 1.54) is 0 Å². The molecule has 2 aromatic rings. The first-order valence-corrected chi connectivity index (χ1v) is 10.2. The van der Waals surface area contributed by atoms with Crippen LogP contribution in [-0.2, 0) is 21.6 Å². The number of carbonyl (C=O) groups excluding carboxylic acids is 1. The van der Waals surface area contributed by atoms with Gasteiger partial charge < -0.3 is 20.1 Å². The molecule has 2 aliphatic heterocycles. The van der Waals surface area contributed by atoms with Gasteiger partial charge in [0.25, 0.3) is 5.91 Å². The number of hydrogen-bond donors (Lipinski definition) is 1. The first kappa shape index (κ1) is 19.9. The minimum atomic E-state index is -0.582. The van der Waals surface area contributed by atoms with Gasteiger partial charge in [-0.2, -0.15) is 0 Å². The predicted octanol–water partition coefficient (Wildman–Crippen LogP) is 2.88. The number of aromatic nitrogens is 2. The van der Waals surface area contributed by atoms with Gasteiger partial charge in [0.1, 0.15) is 11.4 Å². The summed E-state index contributed by atoms with van der Waals surface area (Å²) in [5.74, 6) is 0.889. The average Bonchev–Trinajstić information content (AvgIpc) is 2.71. The van der Waals surface area contributed by atoms with Crippen LogP contribution in [0, 0.1) is 6.92 Å². The lowest BCUT2D eigenvalue weighted by Crippen LogP contribution is -2.51. The molecule has 1 amide bonds. The number of piperidine rings is 1. The molecular weight excluding hydrogens is 392 g/mol. The van der Waals surface area contributed by atoms with Crippen LogP contribution in [0.15, 0.2) is 24.4 Å². The number of aryl methyl sites for hydroxylation is 1. The molecule has 4 rings (SSSR count). The van der Waals surface area contributed by atoms with Crippen molar-refractivity contribution in [2.45, 2.75) is 44.8 Å². The fourth-order valence-corrected chi connectivity index (χ4v) is 4.36. The molecule has 29 heavy (non-hydrogen) atoms. The quantitative estimate of drug-likeness (QED) is 0.827. The van der Waals surface area contributed by atoms with E-state index in [0.29, 0.717) is 43.3 Å². The Labute approximate surface area is 175 Å². The summed E-state index contributed by atoms with van der Waals surface area (Å²) in [7, 11) is 0. The van der Waals surface area contributed by atoms with Gasteiger partial charge in [-0.15, -0.1) is 0 Å². The summed E-state index contributed by atoms with van der Waals surface area (Å²) < 4.78 is 12.1. The van der Waals surface area contributed by atoms with Crippen LogP contribution in [0.4, 0.5) is 5.95 Å². The smallest absolute Gasteiger partial charge is 0.263 e. The molecule has 0 radical (unpaired) electrons. The Bertz CT molecular complexity index is 928. The third-order valence-electron chi connectivity index (χ3n) is 5.74. The second-order valence-corrected chi connectivity index (χ2v) is 8.13. The van der Waals surface area contributed by atoms with E-state index in [1.54, 1.807) is 25.3 Å². The van der Waals surface area contributed by atoms with Gasteiger partial charge >= 0.3 is 0 Å². The maximum atomic E-state index is 12.9. The van der Waals surface area contributed by atoms with Gasteiger partial charge in [-0.05, 0) is 62.4 Å². The van der Waals surface area contributed by atoms with Gasteiger partial charge in [0.15, 0.2) is 6.10 Å². The summed E-state index contributed by atoms with van der Waals surface area (Å²) >= 11 is 5.99. The molecule has 8 heteroatoms. The van der Waals surface area contributed by atoms with Gasteiger partial charge in [0.2, 0.25) is 5.95 Å². The zero-order valence-corrected chi connectivity index (χ0v) is 17.4. The van der Waals surface area contributed by atoms with E-state index in [4.69, 9.17) is 26.8 Å². The Balaban J connectivity index is 1.43. The van der Waals surface area contributed by atoms with Crippen LogP contribution in [0.2, 0.25) is 5.02 Å². The number of anilines is 1. The number of amides is 1. The maximum Gasteiger partial charge on any atom is 0.263 e. The van der Waals surface area contributed by atoms with Crippen molar-refractivity contribution in [3.05, 3.63) is 46.2 Å². The minimum Gasteiger partial charge on any atom is -0.481 e. The van der Waals surface area contributed by atoms with Crippen molar-refractivity contribution < 1.29 is 14.3 Å². The van der Waals surface area contributed by atoms with Crippen LogP contribution >= 0.6 is 11.6 Å². The molecule has 0 saturated carbocycles. The van der Waals surface area contributed by atoms with E-state index in [2.05, 4.69) is 9.97 Å². The van der Waals surface area contributed by atoms with Crippen LogP contribution in [-0.4, -0.2) is 46.6 Å². The highest BCUT2D eigenvalue weighted by Gasteiger charge is 2.43. The monoisotopic (exact) mass is 416 g/mol. The van der Waals surface area contributed by atoms with E-state index < -0.39 is 11.7 Å². The van der Waals surface area contributed by atoms with Crippen molar-refractivity contribution in [2.75, 3.05) is 25.4 Å². The molecule has 1 spiro atoms. The number of rotatable bonds is 3. The lowest BCUT2D eigenvalue weighted by Gasteiger charge is -2.44. The molecule has 154 valence electrons. The van der Waals surface area contributed by atoms with E-state index in [1.807, 2.05) is 17.9 Å². The Hall–Kier alpha value is -2.38. The van der Waals surface area contributed by atoms with Crippen molar-refractivity contribution in [1.82, 2.24) is 14.9 Å². The number of benzene rings is 1. The summed E-state index contributed by atoms with van der Waals surface area (Å²) in [6.07, 6.45) is 3.35. The lowest BCUT2D eigenvalue weighted by atomic mass is 9.83. The van der Waals surface area contributed by atoms with Gasteiger partial charge in [0.05, 0.1) is 12.3 Å². The van der Waals surface area contributed by atoms with Crippen molar-refractivity contribution in [3.63, 3.8) is 0 Å². The molecule has 0 aliphatic carbocycles. The zero-order valence-electron chi connectivity index (χ0n) is 16.7. The van der Waals surface area contributed by atoms with Crippen LogP contribution < -0.4 is 10.5 Å². The van der Waals surface area contributed by atoms with E-state index >= 15 is 0 Å². The Morgan fingerprint density at radius 2 is 2.14 bits per heavy atom. The molecule has 3 heterocycles. The van der Waals surface area contributed by atoms with E-state index in [0.717, 1.165) is 23.2 Å². The van der Waals surface area contributed by atoms with Crippen molar-refractivity contribution in [2.24, 2.45) is 0 Å².